The summed E-state index contributed by atoms with van der Waals surface area (Å²) in [6.07, 6.45) is -0.469. The van der Waals surface area contributed by atoms with E-state index in [1.54, 1.807) is 36.4 Å². The normalized spacial score (nSPS) is 16.6. The van der Waals surface area contributed by atoms with Gasteiger partial charge in [0.25, 0.3) is 11.5 Å². The van der Waals surface area contributed by atoms with E-state index < -0.39 is 34.8 Å². The summed E-state index contributed by atoms with van der Waals surface area (Å²) in [7, 11) is 0. The van der Waals surface area contributed by atoms with E-state index in [0.29, 0.717) is 16.8 Å². The zero-order chi connectivity index (χ0) is 29.7. The van der Waals surface area contributed by atoms with Gasteiger partial charge in [-0.25, -0.2) is 9.78 Å². The lowest BCUT2D eigenvalue weighted by molar-refractivity contribution is -0.164. The highest BCUT2D eigenvalue weighted by atomic mass is 16.5. The highest BCUT2D eigenvalue weighted by Crippen LogP contribution is 2.30. The number of fused-ring (bicyclic) bond motifs is 1. The smallest absolute Gasteiger partial charge is 0.342 e. The lowest BCUT2D eigenvalue weighted by atomic mass is 9.87. The maximum absolute atomic E-state index is 13.9. The number of nitrogens with one attached hydrogen (secondary N) is 2. The van der Waals surface area contributed by atoms with Crippen molar-refractivity contribution in [2.45, 2.75) is 38.5 Å². The Bertz CT molecular complexity index is 1720. The van der Waals surface area contributed by atoms with Gasteiger partial charge in [0.15, 0.2) is 0 Å². The summed E-state index contributed by atoms with van der Waals surface area (Å²) in [5.74, 6) is -2.87. The molecule has 0 bridgehead atoms. The van der Waals surface area contributed by atoms with Gasteiger partial charge < -0.3 is 14.8 Å². The summed E-state index contributed by atoms with van der Waals surface area (Å²) in [6, 6.07) is 22.8. The maximum Gasteiger partial charge on any atom is 0.342 e. The van der Waals surface area contributed by atoms with Crippen molar-refractivity contribution in [1.29, 1.82) is 0 Å². The summed E-state index contributed by atoms with van der Waals surface area (Å²) >= 11 is 0. The molecule has 1 atom stereocenters. The number of piperidine rings is 1. The van der Waals surface area contributed by atoms with Gasteiger partial charge in [-0.05, 0) is 42.7 Å². The van der Waals surface area contributed by atoms with E-state index in [9.17, 15) is 24.0 Å². The summed E-state index contributed by atoms with van der Waals surface area (Å²) < 4.78 is 12.0. The molecule has 3 aromatic carbocycles. The van der Waals surface area contributed by atoms with Gasteiger partial charge in [0.2, 0.25) is 17.4 Å². The second-order valence-electron chi connectivity index (χ2n) is 9.86. The van der Waals surface area contributed by atoms with Gasteiger partial charge in [0.1, 0.15) is 19.0 Å². The Morgan fingerprint density at radius 3 is 2.29 bits per heavy atom. The molecule has 5 rings (SSSR count). The first-order valence-electron chi connectivity index (χ1n) is 13.3. The number of aromatic nitrogens is 2. The third-order valence-electron chi connectivity index (χ3n) is 6.94. The number of esters is 1. The van der Waals surface area contributed by atoms with Gasteiger partial charge in [0, 0.05) is 12.1 Å². The van der Waals surface area contributed by atoms with Crippen LogP contribution in [0.4, 0.5) is 5.69 Å². The number of amides is 3. The fourth-order valence-corrected chi connectivity index (χ4v) is 4.90. The number of carbonyl (C=O) groups excluding carboxylic acids is 4. The molecule has 1 saturated heterocycles. The van der Waals surface area contributed by atoms with Crippen LogP contribution in [0.1, 0.15) is 29.8 Å². The van der Waals surface area contributed by atoms with Crippen molar-refractivity contribution >= 4 is 40.3 Å². The lowest BCUT2D eigenvalue weighted by Gasteiger charge is -2.35. The van der Waals surface area contributed by atoms with Crippen molar-refractivity contribution in [3.8, 4) is 0 Å². The third-order valence-corrected chi connectivity index (χ3v) is 6.94. The van der Waals surface area contributed by atoms with Crippen LogP contribution in [0, 0.1) is 6.92 Å². The molecule has 0 aliphatic carbocycles. The molecule has 1 aliphatic heterocycles. The third kappa shape index (κ3) is 5.81. The number of hydrogen-bond donors (Lipinski definition) is 2. The van der Waals surface area contributed by atoms with Gasteiger partial charge in [0.05, 0.1) is 17.5 Å². The zero-order valence-electron chi connectivity index (χ0n) is 22.8. The first-order chi connectivity index (χ1) is 20.3. The van der Waals surface area contributed by atoms with Gasteiger partial charge >= 0.3 is 5.97 Å². The number of imide groups is 1. The Morgan fingerprint density at radius 2 is 1.62 bits per heavy atom. The summed E-state index contributed by atoms with van der Waals surface area (Å²) in [6.45, 7) is 1.40. The molecule has 11 heteroatoms. The summed E-state index contributed by atoms with van der Waals surface area (Å²) in [5, 5.41) is 4.93. The molecular formula is C31H28N4O7. The number of hydrogen-bond acceptors (Lipinski definition) is 8. The molecule has 42 heavy (non-hydrogen) atoms. The highest BCUT2D eigenvalue weighted by Gasteiger charge is 2.54. The number of anilines is 1. The van der Waals surface area contributed by atoms with E-state index in [2.05, 4.69) is 15.6 Å². The van der Waals surface area contributed by atoms with Crippen LogP contribution < -0.4 is 16.2 Å². The van der Waals surface area contributed by atoms with Crippen LogP contribution in [0.15, 0.2) is 83.7 Å². The largest absolute Gasteiger partial charge is 0.459 e. The fraction of sp³-hybridized carbons (Fsp3) is 0.226. The van der Waals surface area contributed by atoms with Crippen LogP contribution in [-0.2, 0) is 47.4 Å². The van der Waals surface area contributed by atoms with Gasteiger partial charge in [-0.1, -0.05) is 60.7 Å². The number of nitrogens with zero attached hydrogens (tertiary/aromatic N) is 2. The predicted octanol–water partition coefficient (Wildman–Crippen LogP) is 2.74. The summed E-state index contributed by atoms with van der Waals surface area (Å²) in [4.78, 5) is 69.9. The number of ether oxygens (including phenoxy) is 2. The molecule has 1 aliphatic rings. The van der Waals surface area contributed by atoms with Gasteiger partial charge in [-0.15, -0.1) is 0 Å². The van der Waals surface area contributed by atoms with Crippen molar-refractivity contribution in [3.63, 3.8) is 0 Å². The van der Waals surface area contributed by atoms with E-state index in [-0.39, 0.29) is 43.9 Å². The van der Waals surface area contributed by atoms with Crippen LogP contribution in [-0.4, -0.2) is 39.8 Å². The second-order valence-corrected chi connectivity index (χ2v) is 9.86. The van der Waals surface area contributed by atoms with Crippen LogP contribution >= 0.6 is 0 Å². The first-order valence-corrected chi connectivity index (χ1v) is 13.3. The average molecular weight is 569 g/mol. The average Bonchev–Trinajstić information content (AvgIpc) is 2.98. The molecule has 0 saturated carbocycles. The van der Waals surface area contributed by atoms with E-state index in [1.807, 2.05) is 36.4 Å². The van der Waals surface area contributed by atoms with Crippen LogP contribution in [0.25, 0.3) is 10.9 Å². The predicted molar refractivity (Wildman–Crippen MR) is 152 cm³/mol. The summed E-state index contributed by atoms with van der Waals surface area (Å²) in [5.41, 5.74) is -0.656. The Labute approximate surface area is 240 Å². The molecule has 0 radical (unpaired) electrons. The van der Waals surface area contributed by atoms with Crippen molar-refractivity contribution in [1.82, 2.24) is 14.9 Å². The van der Waals surface area contributed by atoms with Crippen molar-refractivity contribution in [2.75, 3.05) is 11.9 Å². The Hall–Kier alpha value is -5.16. The molecule has 2 N–H and O–H groups in total. The van der Waals surface area contributed by atoms with Gasteiger partial charge in [-0.3, -0.25) is 29.1 Å². The number of aryl methyl sites for hydroxylation is 1. The molecular weight excluding hydrogens is 540 g/mol. The number of rotatable bonds is 9. The molecule has 3 amide bonds. The Balaban J connectivity index is 1.44. The van der Waals surface area contributed by atoms with Crippen LogP contribution in [0.2, 0.25) is 0 Å². The van der Waals surface area contributed by atoms with Gasteiger partial charge in [-0.2, -0.15) is 0 Å². The Kier molecular flexibility index (Phi) is 8.21. The van der Waals surface area contributed by atoms with E-state index in [1.165, 1.54) is 13.0 Å². The van der Waals surface area contributed by atoms with Crippen molar-refractivity contribution in [3.05, 3.63) is 106 Å². The quantitative estimate of drug-likeness (QED) is 0.178. The zero-order valence-corrected chi connectivity index (χ0v) is 22.8. The highest BCUT2D eigenvalue weighted by molar-refractivity contribution is 6.13. The van der Waals surface area contributed by atoms with Crippen molar-refractivity contribution in [2.24, 2.45) is 0 Å². The molecule has 1 aromatic heterocycles. The van der Waals surface area contributed by atoms with E-state index >= 15 is 0 Å². The maximum atomic E-state index is 13.9. The van der Waals surface area contributed by atoms with Crippen LogP contribution in [0.3, 0.4) is 0 Å². The minimum Gasteiger partial charge on any atom is -0.459 e. The standard InChI is InChI=1S/C31H28N4O7/c1-20-32-25-13-12-23(33-27(37)19-41-17-21-8-4-2-5-9-21)16-24(25)28(38)35(20)31(15-14-26(36)34-29(31)39)30(40)42-18-22-10-6-3-7-11-22/h2-13,16H,14-15,17-19H2,1H3,(H,33,37)(H,34,36,39). The van der Waals surface area contributed by atoms with E-state index in [0.717, 1.165) is 10.1 Å². The number of carbonyl (C=O) groups is 4. The molecule has 0 spiro atoms. The lowest BCUT2D eigenvalue weighted by Crippen LogP contribution is -2.62. The molecule has 1 unspecified atom stereocenters. The second kappa shape index (κ2) is 12.1. The monoisotopic (exact) mass is 568 g/mol. The molecule has 4 aromatic rings. The van der Waals surface area contributed by atoms with Crippen LogP contribution in [0.5, 0.6) is 0 Å². The molecule has 1 fully saturated rings. The first kappa shape index (κ1) is 28.4. The molecule has 11 nitrogen and oxygen atoms in total. The van der Waals surface area contributed by atoms with Crippen molar-refractivity contribution < 1.29 is 28.7 Å². The topological polar surface area (TPSA) is 146 Å². The molecule has 214 valence electrons. The molecule has 2 heterocycles. The fourth-order valence-electron chi connectivity index (χ4n) is 4.90. The number of benzene rings is 3. The minimum atomic E-state index is -2.16. The SMILES string of the molecule is Cc1nc2ccc(NC(=O)COCc3ccccc3)cc2c(=O)n1C1(C(=O)OCc2ccccc2)CCC(=O)NC1=O. The van der Waals surface area contributed by atoms with E-state index in [4.69, 9.17) is 9.47 Å². The Morgan fingerprint density at radius 1 is 0.952 bits per heavy atom. The minimum absolute atomic E-state index is 0.0588.